The molecule has 2 aromatic rings. The largest absolute Gasteiger partial charge is 0.341 e. The van der Waals surface area contributed by atoms with E-state index in [0.717, 1.165) is 17.6 Å². The number of fused-ring (bicyclic) bond motifs is 1. The van der Waals surface area contributed by atoms with Gasteiger partial charge in [-0.3, -0.25) is 4.79 Å². The maximum atomic E-state index is 12.9. The topological polar surface area (TPSA) is 37.6 Å². The van der Waals surface area contributed by atoms with Gasteiger partial charge in [0.05, 0.1) is 17.5 Å². The van der Waals surface area contributed by atoms with Gasteiger partial charge < -0.3 is 9.30 Å². The molecule has 23 heavy (non-hydrogen) atoms. The molecular formula is C17H19F2N3O. The highest BCUT2D eigenvalue weighted by Gasteiger charge is 2.51. The molecule has 4 nitrogen and oxygen atoms in total. The molecule has 0 aromatic carbocycles. The number of carbonyl (C=O) groups excluding carboxylic acids is 1. The summed E-state index contributed by atoms with van der Waals surface area (Å²) in [5, 5.41) is 0. The monoisotopic (exact) mass is 319 g/mol. The average Bonchev–Trinajstić information content (AvgIpc) is 2.86. The number of amides is 1. The summed E-state index contributed by atoms with van der Waals surface area (Å²) in [4.78, 5) is 18.3. The lowest BCUT2D eigenvalue weighted by Crippen LogP contribution is -2.54. The summed E-state index contributed by atoms with van der Waals surface area (Å²) in [6.45, 7) is 3.28. The lowest BCUT2D eigenvalue weighted by atomic mass is 9.79. The van der Waals surface area contributed by atoms with Gasteiger partial charge in [-0.15, -0.1) is 0 Å². The van der Waals surface area contributed by atoms with Crippen LogP contribution in [0.5, 0.6) is 0 Å². The molecule has 1 aliphatic carbocycles. The highest BCUT2D eigenvalue weighted by atomic mass is 19.3. The van der Waals surface area contributed by atoms with Crippen LogP contribution in [0.25, 0.3) is 5.52 Å². The Labute approximate surface area is 133 Å². The summed E-state index contributed by atoms with van der Waals surface area (Å²) in [6, 6.07) is 4.16. The number of hydrogen-bond acceptors (Lipinski definition) is 2. The van der Waals surface area contributed by atoms with Crippen molar-refractivity contribution in [2.75, 3.05) is 13.1 Å². The summed E-state index contributed by atoms with van der Waals surface area (Å²) >= 11 is 0. The Bertz CT molecular complexity index is 756. The van der Waals surface area contributed by atoms with E-state index in [1.165, 1.54) is 5.56 Å². The fraction of sp³-hybridized carbons (Fsp3) is 0.529. The minimum absolute atomic E-state index is 0.121. The third kappa shape index (κ3) is 2.40. The van der Waals surface area contributed by atoms with E-state index in [1.54, 1.807) is 11.2 Å². The highest BCUT2D eigenvalue weighted by molar-refractivity contribution is 5.81. The molecule has 0 N–H and O–H groups in total. The van der Waals surface area contributed by atoms with Gasteiger partial charge in [-0.2, -0.15) is 0 Å². The normalized spacial score (nSPS) is 21.3. The maximum Gasteiger partial charge on any atom is 0.249 e. The zero-order chi connectivity index (χ0) is 16.2. The summed E-state index contributed by atoms with van der Waals surface area (Å²) in [6.07, 6.45) is 4.27. The van der Waals surface area contributed by atoms with E-state index in [-0.39, 0.29) is 24.7 Å². The molecule has 2 aliphatic rings. The summed E-state index contributed by atoms with van der Waals surface area (Å²) in [7, 11) is 0. The van der Waals surface area contributed by atoms with Crippen LogP contribution in [0.1, 0.15) is 36.9 Å². The van der Waals surface area contributed by atoms with Crippen LogP contribution in [0.2, 0.25) is 0 Å². The van der Waals surface area contributed by atoms with Gasteiger partial charge in [0.15, 0.2) is 0 Å². The van der Waals surface area contributed by atoms with Crippen LogP contribution in [-0.2, 0) is 11.2 Å². The number of aromatic nitrogens is 2. The van der Waals surface area contributed by atoms with Gasteiger partial charge in [0.25, 0.3) is 0 Å². The first-order valence-corrected chi connectivity index (χ1v) is 8.09. The van der Waals surface area contributed by atoms with Crippen molar-refractivity contribution < 1.29 is 13.6 Å². The van der Waals surface area contributed by atoms with Crippen molar-refractivity contribution in [1.29, 1.82) is 0 Å². The number of rotatable bonds is 3. The second-order valence-electron chi connectivity index (χ2n) is 6.71. The number of imidazole rings is 1. The van der Waals surface area contributed by atoms with Crippen molar-refractivity contribution in [3.05, 3.63) is 35.9 Å². The molecular weight excluding hydrogens is 300 g/mol. The summed E-state index contributed by atoms with van der Waals surface area (Å²) < 4.78 is 27.8. The van der Waals surface area contributed by atoms with Crippen LogP contribution in [0.4, 0.5) is 8.78 Å². The molecule has 1 aliphatic heterocycles. The zero-order valence-corrected chi connectivity index (χ0v) is 13.0. The minimum Gasteiger partial charge on any atom is -0.341 e. The molecule has 1 amide bonds. The standard InChI is InChI=1S/C17H19F2N3O/c1-2-11-3-4-14-15(20-10-22(14)7-11)13-8-21(9-13)16(23)12-5-17(18,19)6-12/h3-4,7,10,12-13H,2,5-6,8-9H2,1H3. The van der Waals surface area contributed by atoms with Crippen LogP contribution in [0, 0.1) is 5.92 Å². The Morgan fingerprint density at radius 2 is 2.09 bits per heavy atom. The quantitative estimate of drug-likeness (QED) is 0.872. The Hall–Kier alpha value is -1.98. The second-order valence-corrected chi connectivity index (χ2v) is 6.71. The Morgan fingerprint density at radius 3 is 2.74 bits per heavy atom. The predicted molar refractivity (Wildman–Crippen MR) is 81.6 cm³/mol. The number of hydrogen-bond donors (Lipinski definition) is 0. The van der Waals surface area contributed by atoms with E-state index in [1.807, 2.05) is 4.40 Å². The first-order valence-electron chi connectivity index (χ1n) is 8.09. The molecule has 0 radical (unpaired) electrons. The Kier molecular flexibility index (Phi) is 3.18. The third-order valence-corrected chi connectivity index (χ3v) is 5.05. The molecule has 1 saturated heterocycles. The molecule has 0 atom stereocenters. The zero-order valence-electron chi connectivity index (χ0n) is 13.0. The Morgan fingerprint density at radius 1 is 1.35 bits per heavy atom. The fourth-order valence-corrected chi connectivity index (χ4v) is 3.52. The molecule has 2 fully saturated rings. The van der Waals surface area contributed by atoms with Gasteiger partial charge in [0, 0.05) is 44.0 Å². The number of aryl methyl sites for hydroxylation is 1. The van der Waals surface area contributed by atoms with Gasteiger partial charge in [-0.1, -0.05) is 13.0 Å². The predicted octanol–water partition coefficient (Wildman–Crippen LogP) is 2.87. The molecule has 0 bridgehead atoms. The lowest BCUT2D eigenvalue weighted by Gasteiger charge is -2.44. The summed E-state index contributed by atoms with van der Waals surface area (Å²) in [5.74, 6) is -3.04. The lowest BCUT2D eigenvalue weighted by molar-refractivity contribution is -0.163. The van der Waals surface area contributed by atoms with Crippen molar-refractivity contribution in [3.63, 3.8) is 0 Å². The first-order chi connectivity index (χ1) is 11.0. The van der Waals surface area contributed by atoms with Crippen molar-refractivity contribution in [2.24, 2.45) is 5.92 Å². The van der Waals surface area contributed by atoms with Crippen molar-refractivity contribution in [3.8, 4) is 0 Å². The molecule has 1 saturated carbocycles. The first kappa shape index (κ1) is 14.6. The van der Waals surface area contributed by atoms with Gasteiger partial charge in [-0.05, 0) is 18.1 Å². The van der Waals surface area contributed by atoms with Crippen LogP contribution < -0.4 is 0 Å². The van der Waals surface area contributed by atoms with Crippen molar-refractivity contribution in [1.82, 2.24) is 14.3 Å². The number of halogens is 2. The van der Waals surface area contributed by atoms with Crippen LogP contribution in [-0.4, -0.2) is 39.2 Å². The SMILES string of the molecule is CCc1ccc2c(C3CN(C(=O)C4CC(F)(F)C4)C3)ncn2c1. The maximum absolute atomic E-state index is 12.9. The Balaban J connectivity index is 1.43. The molecule has 4 rings (SSSR count). The van der Waals surface area contributed by atoms with Gasteiger partial charge >= 0.3 is 0 Å². The summed E-state index contributed by atoms with van der Waals surface area (Å²) in [5.41, 5.74) is 3.31. The number of pyridine rings is 1. The molecule has 3 heterocycles. The van der Waals surface area contributed by atoms with E-state index in [9.17, 15) is 13.6 Å². The van der Waals surface area contributed by atoms with Crippen molar-refractivity contribution >= 4 is 11.4 Å². The van der Waals surface area contributed by atoms with Gasteiger partial charge in [0.2, 0.25) is 11.8 Å². The van der Waals surface area contributed by atoms with Gasteiger partial charge in [-0.25, -0.2) is 13.8 Å². The van der Waals surface area contributed by atoms with E-state index in [4.69, 9.17) is 0 Å². The van der Waals surface area contributed by atoms with E-state index < -0.39 is 11.8 Å². The van der Waals surface area contributed by atoms with Crippen molar-refractivity contribution in [2.45, 2.75) is 38.0 Å². The third-order valence-electron chi connectivity index (χ3n) is 5.05. The minimum atomic E-state index is -2.64. The van der Waals surface area contributed by atoms with Crippen LogP contribution in [0.15, 0.2) is 24.7 Å². The molecule has 2 aromatic heterocycles. The smallest absolute Gasteiger partial charge is 0.249 e. The number of alkyl halides is 2. The number of likely N-dealkylation sites (tertiary alicyclic amines) is 1. The van der Waals surface area contributed by atoms with Crippen LogP contribution in [0.3, 0.4) is 0 Å². The number of nitrogens with zero attached hydrogens (tertiary/aromatic N) is 3. The average molecular weight is 319 g/mol. The van der Waals surface area contributed by atoms with E-state index >= 15 is 0 Å². The molecule has 0 spiro atoms. The highest BCUT2D eigenvalue weighted by Crippen LogP contribution is 2.44. The van der Waals surface area contributed by atoms with Crippen LogP contribution >= 0.6 is 0 Å². The number of carbonyl (C=O) groups is 1. The second kappa shape index (κ2) is 5.01. The molecule has 122 valence electrons. The molecule has 0 unspecified atom stereocenters. The van der Waals surface area contributed by atoms with E-state index in [0.29, 0.717) is 13.1 Å². The van der Waals surface area contributed by atoms with E-state index in [2.05, 4.69) is 30.2 Å². The molecule has 6 heteroatoms. The fourth-order valence-electron chi connectivity index (χ4n) is 3.52. The van der Waals surface area contributed by atoms with Gasteiger partial charge in [0.1, 0.15) is 0 Å².